The van der Waals surface area contributed by atoms with Crippen molar-refractivity contribution in [1.29, 1.82) is 0 Å². The Hall–Kier alpha value is -0.280. The highest BCUT2D eigenvalue weighted by molar-refractivity contribution is 5.85. The Kier molecular flexibility index (Phi) is 4.71. The molecule has 2 N–H and O–H groups in total. The van der Waals surface area contributed by atoms with Gasteiger partial charge in [-0.1, -0.05) is 6.92 Å². The highest BCUT2D eigenvalue weighted by Crippen LogP contribution is 2.30. The Morgan fingerprint density at radius 1 is 1.46 bits per heavy atom. The summed E-state index contributed by atoms with van der Waals surface area (Å²) in [4.78, 5) is 11.2. The first-order valence-electron chi connectivity index (χ1n) is 4.46. The number of methoxy groups -OCH3 is 1. The quantitative estimate of drug-likeness (QED) is 0.663. The van der Waals surface area contributed by atoms with Gasteiger partial charge < -0.3 is 10.5 Å². The fourth-order valence-electron chi connectivity index (χ4n) is 1.68. The lowest BCUT2D eigenvalue weighted by Gasteiger charge is -2.33. The summed E-state index contributed by atoms with van der Waals surface area (Å²) in [6.45, 7) is 2.19. The van der Waals surface area contributed by atoms with Crippen LogP contribution >= 0.6 is 12.4 Å². The minimum atomic E-state index is -0.693. The molecule has 1 rings (SSSR count). The molecule has 0 aromatic carbocycles. The lowest BCUT2D eigenvalue weighted by atomic mass is 9.78. The van der Waals surface area contributed by atoms with E-state index in [1.165, 1.54) is 7.11 Å². The van der Waals surface area contributed by atoms with Crippen molar-refractivity contribution in [2.24, 2.45) is 11.7 Å². The Labute approximate surface area is 85.4 Å². The zero-order valence-corrected chi connectivity index (χ0v) is 9.02. The maximum atomic E-state index is 11.2. The van der Waals surface area contributed by atoms with E-state index in [1.807, 2.05) is 0 Å². The van der Waals surface area contributed by atoms with Crippen molar-refractivity contribution in [1.82, 2.24) is 0 Å². The Bertz CT molecular complexity index is 176. The van der Waals surface area contributed by atoms with Crippen molar-refractivity contribution in [2.45, 2.75) is 38.1 Å². The molecule has 0 heterocycles. The van der Waals surface area contributed by atoms with Crippen LogP contribution in [0.25, 0.3) is 0 Å². The summed E-state index contributed by atoms with van der Waals surface area (Å²) in [5.41, 5.74) is 5.21. The van der Waals surface area contributed by atoms with Crippen molar-refractivity contribution in [3.05, 3.63) is 0 Å². The van der Waals surface area contributed by atoms with Crippen LogP contribution in [0.4, 0.5) is 0 Å². The third-order valence-corrected chi connectivity index (χ3v) is 2.76. The standard InChI is InChI=1S/C9H17NO2.ClH/c1-7-3-5-9(10,6-4-7)8(11)12-2;/h7H,3-6,10H2,1-2H3;1H. The molecule has 3 nitrogen and oxygen atoms in total. The maximum Gasteiger partial charge on any atom is 0.325 e. The number of hydrogen-bond donors (Lipinski definition) is 1. The van der Waals surface area contributed by atoms with Crippen molar-refractivity contribution >= 4 is 18.4 Å². The molecule has 0 atom stereocenters. The summed E-state index contributed by atoms with van der Waals surface area (Å²) in [5.74, 6) is 0.445. The summed E-state index contributed by atoms with van der Waals surface area (Å²) in [5, 5.41) is 0. The molecule has 0 aromatic rings. The number of hydrogen-bond acceptors (Lipinski definition) is 3. The molecule has 0 radical (unpaired) electrons. The summed E-state index contributed by atoms with van der Waals surface area (Å²) in [6.07, 6.45) is 3.60. The predicted molar refractivity (Wildman–Crippen MR) is 53.8 cm³/mol. The molecule has 0 saturated heterocycles. The average molecular weight is 208 g/mol. The summed E-state index contributed by atoms with van der Waals surface area (Å²) < 4.78 is 4.66. The maximum absolute atomic E-state index is 11.2. The van der Waals surface area contributed by atoms with Crippen LogP contribution in [0.15, 0.2) is 0 Å². The van der Waals surface area contributed by atoms with Gasteiger partial charge in [0.1, 0.15) is 5.54 Å². The third-order valence-electron chi connectivity index (χ3n) is 2.76. The van der Waals surface area contributed by atoms with Crippen LogP contribution in [0, 0.1) is 5.92 Å². The van der Waals surface area contributed by atoms with E-state index in [9.17, 15) is 4.79 Å². The SMILES string of the molecule is COC(=O)C1(N)CCC(C)CC1.Cl. The monoisotopic (exact) mass is 207 g/mol. The van der Waals surface area contributed by atoms with Crippen molar-refractivity contribution < 1.29 is 9.53 Å². The van der Waals surface area contributed by atoms with E-state index in [1.54, 1.807) is 0 Å². The second-order valence-electron chi connectivity index (χ2n) is 3.83. The van der Waals surface area contributed by atoms with Crippen molar-refractivity contribution in [3.63, 3.8) is 0 Å². The van der Waals surface area contributed by atoms with Gasteiger partial charge >= 0.3 is 5.97 Å². The van der Waals surface area contributed by atoms with E-state index in [0.29, 0.717) is 5.92 Å². The lowest BCUT2D eigenvalue weighted by Crippen LogP contribution is -2.50. The zero-order valence-electron chi connectivity index (χ0n) is 8.21. The van der Waals surface area contributed by atoms with Gasteiger partial charge in [0.15, 0.2) is 0 Å². The number of nitrogens with two attached hydrogens (primary N) is 1. The molecule has 0 unspecified atom stereocenters. The van der Waals surface area contributed by atoms with Crippen molar-refractivity contribution in [3.8, 4) is 0 Å². The fourth-order valence-corrected chi connectivity index (χ4v) is 1.68. The minimum Gasteiger partial charge on any atom is -0.468 e. The number of esters is 1. The van der Waals surface area contributed by atoms with Crippen LogP contribution in [0.2, 0.25) is 0 Å². The molecular weight excluding hydrogens is 190 g/mol. The van der Waals surface area contributed by atoms with Gasteiger partial charge in [0.05, 0.1) is 7.11 Å². The first kappa shape index (κ1) is 12.7. The molecule has 1 aliphatic carbocycles. The smallest absolute Gasteiger partial charge is 0.325 e. The van der Waals surface area contributed by atoms with E-state index in [4.69, 9.17) is 5.73 Å². The largest absolute Gasteiger partial charge is 0.468 e. The van der Waals surface area contributed by atoms with Crippen LogP contribution in [0.1, 0.15) is 32.6 Å². The highest BCUT2D eigenvalue weighted by atomic mass is 35.5. The van der Waals surface area contributed by atoms with Crippen molar-refractivity contribution in [2.75, 3.05) is 7.11 Å². The first-order chi connectivity index (χ1) is 5.58. The number of ether oxygens (including phenoxy) is 1. The molecular formula is C9H18ClNO2. The second kappa shape index (κ2) is 4.82. The van der Waals surface area contributed by atoms with Gasteiger partial charge in [-0.25, -0.2) is 0 Å². The van der Waals surface area contributed by atoms with Crippen LogP contribution in [0.3, 0.4) is 0 Å². The number of rotatable bonds is 1. The second-order valence-corrected chi connectivity index (χ2v) is 3.83. The number of carbonyl (C=O) groups is 1. The number of halogens is 1. The van der Waals surface area contributed by atoms with E-state index in [-0.39, 0.29) is 18.4 Å². The summed E-state index contributed by atoms with van der Waals surface area (Å²) in [7, 11) is 1.40. The summed E-state index contributed by atoms with van der Waals surface area (Å²) >= 11 is 0. The van der Waals surface area contributed by atoms with Gasteiger partial charge in [0, 0.05) is 0 Å². The van der Waals surface area contributed by atoms with Crippen LogP contribution in [-0.4, -0.2) is 18.6 Å². The third kappa shape index (κ3) is 2.85. The first-order valence-corrected chi connectivity index (χ1v) is 4.46. The molecule has 78 valence electrons. The molecule has 1 aliphatic rings. The van der Waals surface area contributed by atoms with Crippen LogP contribution < -0.4 is 5.73 Å². The average Bonchev–Trinajstić information content (AvgIpc) is 2.09. The van der Waals surface area contributed by atoms with Gasteiger partial charge in [-0.3, -0.25) is 4.79 Å². The van der Waals surface area contributed by atoms with E-state index in [2.05, 4.69) is 11.7 Å². The van der Waals surface area contributed by atoms with E-state index >= 15 is 0 Å². The van der Waals surface area contributed by atoms with Gasteiger partial charge in [0.2, 0.25) is 0 Å². The van der Waals surface area contributed by atoms with Crippen LogP contribution in [0.5, 0.6) is 0 Å². The molecule has 0 aliphatic heterocycles. The Morgan fingerprint density at radius 3 is 2.31 bits per heavy atom. The minimum absolute atomic E-state index is 0. The fraction of sp³-hybridized carbons (Fsp3) is 0.889. The van der Waals surface area contributed by atoms with Gasteiger partial charge in [-0.15, -0.1) is 12.4 Å². The molecule has 1 fully saturated rings. The normalized spacial score (nSPS) is 33.3. The molecule has 0 amide bonds. The lowest BCUT2D eigenvalue weighted by molar-refractivity contribution is -0.148. The van der Waals surface area contributed by atoms with Crippen LogP contribution in [-0.2, 0) is 9.53 Å². The Balaban J connectivity index is 0.00000144. The van der Waals surface area contributed by atoms with E-state index in [0.717, 1.165) is 25.7 Å². The molecule has 0 bridgehead atoms. The molecule has 1 saturated carbocycles. The zero-order chi connectivity index (χ0) is 9.19. The molecule has 0 spiro atoms. The van der Waals surface area contributed by atoms with Gasteiger partial charge in [-0.2, -0.15) is 0 Å². The number of carbonyl (C=O) groups excluding carboxylic acids is 1. The molecule has 13 heavy (non-hydrogen) atoms. The topological polar surface area (TPSA) is 52.3 Å². The summed E-state index contributed by atoms with van der Waals surface area (Å²) in [6, 6.07) is 0. The Morgan fingerprint density at radius 2 is 1.92 bits per heavy atom. The van der Waals surface area contributed by atoms with Gasteiger partial charge in [-0.05, 0) is 31.6 Å². The molecule has 0 aromatic heterocycles. The predicted octanol–water partition coefficient (Wildman–Crippen LogP) is 1.49. The van der Waals surface area contributed by atoms with Gasteiger partial charge in [0.25, 0.3) is 0 Å². The van der Waals surface area contributed by atoms with E-state index < -0.39 is 5.54 Å². The molecule has 4 heteroatoms. The highest BCUT2D eigenvalue weighted by Gasteiger charge is 2.37.